The topological polar surface area (TPSA) is 99.0 Å². The van der Waals surface area contributed by atoms with Crippen LogP contribution in [-0.4, -0.2) is 60.9 Å². The fourth-order valence-corrected chi connectivity index (χ4v) is 5.25. The molecule has 204 valence electrons. The molecule has 0 saturated carbocycles. The molecule has 10 heteroatoms. The van der Waals surface area contributed by atoms with Gasteiger partial charge in [0.2, 0.25) is 5.91 Å². The van der Waals surface area contributed by atoms with Gasteiger partial charge in [-0.3, -0.25) is 19.7 Å². The van der Waals surface area contributed by atoms with Crippen LogP contribution in [0.5, 0.6) is 0 Å². The van der Waals surface area contributed by atoms with E-state index >= 15 is 0 Å². The Hall–Kier alpha value is -3.33. The molecule has 0 radical (unpaired) electrons. The fourth-order valence-electron chi connectivity index (χ4n) is 5.08. The quantitative estimate of drug-likeness (QED) is 0.370. The first kappa shape index (κ1) is 27.7. The third-order valence-electron chi connectivity index (χ3n) is 7.32. The minimum absolute atomic E-state index is 0.0688. The molecule has 2 amide bonds. The summed E-state index contributed by atoms with van der Waals surface area (Å²) >= 11 is 6.26. The summed E-state index contributed by atoms with van der Waals surface area (Å²) in [4.78, 5) is 43.2. The number of nitrogens with zero attached hydrogens (tertiary/aromatic N) is 4. The van der Waals surface area contributed by atoms with Crippen molar-refractivity contribution < 1.29 is 14.5 Å². The second kappa shape index (κ2) is 12.0. The van der Waals surface area contributed by atoms with Crippen LogP contribution >= 0.6 is 11.6 Å². The Morgan fingerprint density at radius 2 is 1.63 bits per heavy atom. The molecule has 4 rings (SSSR count). The SMILES string of the molecule is CC(C)CC(=O)N1CCN(c2ccc(Cl)cc2NC(=O)c2ccc(N3CCC(C)CC3)c([N+](=O)[O-])c2)CC1. The Bertz CT molecular complexity index is 1190. The Morgan fingerprint density at radius 3 is 2.26 bits per heavy atom. The highest BCUT2D eigenvalue weighted by molar-refractivity contribution is 6.31. The number of rotatable bonds is 7. The third kappa shape index (κ3) is 6.56. The zero-order valence-electron chi connectivity index (χ0n) is 22.3. The van der Waals surface area contributed by atoms with Crippen molar-refractivity contribution in [1.82, 2.24) is 4.90 Å². The van der Waals surface area contributed by atoms with Gasteiger partial charge in [0.15, 0.2) is 0 Å². The maximum Gasteiger partial charge on any atom is 0.293 e. The lowest BCUT2D eigenvalue weighted by molar-refractivity contribution is -0.384. The number of amides is 2. The predicted molar refractivity (Wildman–Crippen MR) is 151 cm³/mol. The number of benzene rings is 2. The first-order valence-corrected chi connectivity index (χ1v) is 13.7. The molecule has 0 spiro atoms. The Balaban J connectivity index is 1.50. The second-order valence-electron chi connectivity index (χ2n) is 10.7. The zero-order valence-corrected chi connectivity index (χ0v) is 23.0. The van der Waals surface area contributed by atoms with Gasteiger partial charge in [0.05, 0.1) is 16.3 Å². The van der Waals surface area contributed by atoms with Crippen molar-refractivity contribution in [3.63, 3.8) is 0 Å². The average Bonchev–Trinajstić information content (AvgIpc) is 2.88. The van der Waals surface area contributed by atoms with Gasteiger partial charge in [-0.1, -0.05) is 32.4 Å². The van der Waals surface area contributed by atoms with E-state index in [1.165, 1.54) is 6.07 Å². The van der Waals surface area contributed by atoms with Gasteiger partial charge in [0.1, 0.15) is 5.69 Å². The van der Waals surface area contributed by atoms with Gasteiger partial charge in [-0.25, -0.2) is 0 Å². The second-order valence-corrected chi connectivity index (χ2v) is 11.1. The number of carbonyl (C=O) groups is 2. The van der Waals surface area contributed by atoms with Crippen molar-refractivity contribution in [3.8, 4) is 0 Å². The average molecular weight is 542 g/mol. The molecule has 2 saturated heterocycles. The van der Waals surface area contributed by atoms with Gasteiger partial charge < -0.3 is 20.0 Å². The van der Waals surface area contributed by atoms with E-state index < -0.39 is 10.8 Å². The molecule has 2 aromatic carbocycles. The van der Waals surface area contributed by atoms with Crippen molar-refractivity contribution in [1.29, 1.82) is 0 Å². The summed E-state index contributed by atoms with van der Waals surface area (Å²) in [6, 6.07) is 9.97. The number of piperidine rings is 1. The van der Waals surface area contributed by atoms with Crippen LogP contribution in [0.2, 0.25) is 5.02 Å². The van der Waals surface area contributed by atoms with Crippen molar-refractivity contribution >= 4 is 46.2 Å². The molecule has 2 aliphatic heterocycles. The summed E-state index contributed by atoms with van der Waals surface area (Å²) in [5.74, 6) is 0.632. The van der Waals surface area contributed by atoms with Crippen LogP contribution < -0.4 is 15.1 Å². The molecule has 0 atom stereocenters. The molecule has 38 heavy (non-hydrogen) atoms. The molecule has 2 fully saturated rings. The molecule has 9 nitrogen and oxygen atoms in total. The Labute approximate surface area is 228 Å². The van der Waals surface area contributed by atoms with Gasteiger partial charge in [-0.2, -0.15) is 0 Å². The molecule has 2 aromatic rings. The van der Waals surface area contributed by atoms with Gasteiger partial charge >= 0.3 is 0 Å². The monoisotopic (exact) mass is 541 g/mol. The van der Waals surface area contributed by atoms with E-state index in [1.807, 2.05) is 29.7 Å². The van der Waals surface area contributed by atoms with E-state index in [9.17, 15) is 19.7 Å². The fraction of sp³-hybridized carbons (Fsp3) is 0.500. The van der Waals surface area contributed by atoms with E-state index in [0.717, 1.165) is 31.6 Å². The van der Waals surface area contributed by atoms with E-state index in [2.05, 4.69) is 17.1 Å². The molecule has 2 heterocycles. The molecule has 2 aliphatic rings. The van der Waals surface area contributed by atoms with Crippen LogP contribution in [0, 0.1) is 22.0 Å². The summed E-state index contributed by atoms with van der Waals surface area (Å²) < 4.78 is 0. The number of nitro benzene ring substituents is 1. The maximum atomic E-state index is 13.2. The van der Waals surface area contributed by atoms with Crippen molar-refractivity contribution in [2.45, 2.75) is 40.0 Å². The van der Waals surface area contributed by atoms with Crippen LogP contribution in [-0.2, 0) is 4.79 Å². The van der Waals surface area contributed by atoms with Crippen LogP contribution in [0.15, 0.2) is 36.4 Å². The first-order chi connectivity index (χ1) is 18.1. The minimum atomic E-state index is -0.443. The summed E-state index contributed by atoms with van der Waals surface area (Å²) in [7, 11) is 0. The Kier molecular flexibility index (Phi) is 8.76. The van der Waals surface area contributed by atoms with Crippen molar-refractivity contribution in [2.75, 3.05) is 54.4 Å². The van der Waals surface area contributed by atoms with Crippen molar-refractivity contribution in [2.24, 2.45) is 11.8 Å². The highest BCUT2D eigenvalue weighted by Crippen LogP contribution is 2.34. The lowest BCUT2D eigenvalue weighted by atomic mass is 9.98. The number of hydrogen-bond acceptors (Lipinski definition) is 6. The molecular weight excluding hydrogens is 506 g/mol. The Morgan fingerprint density at radius 1 is 1.00 bits per heavy atom. The summed E-state index contributed by atoms with van der Waals surface area (Å²) in [6.07, 6.45) is 2.50. The van der Waals surface area contributed by atoms with Gasteiger partial charge in [0, 0.05) is 62.3 Å². The standard InChI is InChI=1S/C28H36ClN5O4/c1-19(2)16-27(35)33-14-12-32(13-15-33)24-7-5-22(29)18-23(24)30-28(36)21-4-6-25(26(17-21)34(37)38)31-10-8-20(3)9-11-31/h4-7,17-20H,8-16H2,1-3H3,(H,30,36). The zero-order chi connectivity index (χ0) is 27.4. The maximum absolute atomic E-state index is 13.2. The minimum Gasteiger partial charge on any atom is -0.366 e. The number of hydrogen-bond donors (Lipinski definition) is 1. The number of piperazine rings is 1. The van der Waals surface area contributed by atoms with E-state index in [1.54, 1.807) is 24.3 Å². The number of nitro groups is 1. The molecule has 0 bridgehead atoms. The number of halogens is 1. The summed E-state index contributed by atoms with van der Waals surface area (Å²) in [6.45, 7) is 10.2. The summed E-state index contributed by atoms with van der Waals surface area (Å²) in [5, 5.41) is 15.3. The lowest BCUT2D eigenvalue weighted by Gasteiger charge is -2.37. The number of anilines is 3. The van der Waals surface area contributed by atoms with Crippen LogP contribution in [0.25, 0.3) is 0 Å². The molecular formula is C28H36ClN5O4. The normalized spacial score (nSPS) is 16.6. The highest BCUT2D eigenvalue weighted by Gasteiger charge is 2.26. The lowest BCUT2D eigenvalue weighted by Crippen LogP contribution is -2.49. The predicted octanol–water partition coefficient (Wildman–Crippen LogP) is 5.43. The number of nitrogens with one attached hydrogen (secondary N) is 1. The van der Waals surface area contributed by atoms with Crippen LogP contribution in [0.1, 0.15) is 50.4 Å². The van der Waals surface area contributed by atoms with Crippen molar-refractivity contribution in [3.05, 3.63) is 57.1 Å². The molecule has 0 unspecified atom stereocenters. The van der Waals surface area contributed by atoms with E-state index in [-0.39, 0.29) is 17.2 Å². The van der Waals surface area contributed by atoms with Gasteiger partial charge in [-0.15, -0.1) is 0 Å². The van der Waals surface area contributed by atoms with E-state index in [4.69, 9.17) is 11.6 Å². The number of carbonyl (C=O) groups excluding carboxylic acids is 2. The van der Waals surface area contributed by atoms with Crippen LogP contribution in [0.4, 0.5) is 22.7 Å². The summed E-state index contributed by atoms with van der Waals surface area (Å²) in [5.41, 5.74) is 2.02. The molecule has 0 aliphatic carbocycles. The first-order valence-electron chi connectivity index (χ1n) is 13.3. The van der Waals surface area contributed by atoms with Gasteiger partial charge in [0.25, 0.3) is 11.6 Å². The van der Waals surface area contributed by atoms with E-state index in [0.29, 0.717) is 60.8 Å². The van der Waals surface area contributed by atoms with Gasteiger partial charge in [-0.05, 0) is 55.0 Å². The van der Waals surface area contributed by atoms with Crippen LogP contribution in [0.3, 0.4) is 0 Å². The molecule has 1 N–H and O–H groups in total. The smallest absolute Gasteiger partial charge is 0.293 e. The highest BCUT2D eigenvalue weighted by atomic mass is 35.5. The molecule has 0 aromatic heterocycles. The largest absolute Gasteiger partial charge is 0.366 e. The third-order valence-corrected chi connectivity index (χ3v) is 7.56.